The van der Waals surface area contributed by atoms with Gasteiger partial charge in [-0.1, -0.05) is 37.3 Å². The average molecular weight is 325 g/mol. The molecular formula is C20H27N3O. The summed E-state index contributed by atoms with van der Waals surface area (Å²) < 4.78 is 2.22. The van der Waals surface area contributed by atoms with E-state index >= 15 is 0 Å². The molecule has 4 nitrogen and oxygen atoms in total. The third-order valence-electron chi connectivity index (χ3n) is 5.33. The quantitative estimate of drug-likeness (QED) is 0.939. The Morgan fingerprint density at radius 2 is 1.96 bits per heavy atom. The van der Waals surface area contributed by atoms with Crippen LogP contribution in [0.25, 0.3) is 0 Å². The van der Waals surface area contributed by atoms with Crippen molar-refractivity contribution in [3.63, 3.8) is 0 Å². The van der Waals surface area contributed by atoms with Crippen LogP contribution in [-0.2, 0) is 6.54 Å². The van der Waals surface area contributed by atoms with Crippen LogP contribution in [-0.4, -0.2) is 35.0 Å². The van der Waals surface area contributed by atoms with Gasteiger partial charge in [0.25, 0.3) is 5.91 Å². The zero-order chi connectivity index (χ0) is 17.3. The second kappa shape index (κ2) is 6.44. The van der Waals surface area contributed by atoms with E-state index in [9.17, 15) is 4.79 Å². The van der Waals surface area contributed by atoms with Crippen LogP contribution < -0.4 is 5.73 Å². The molecule has 2 aromatic rings. The minimum absolute atomic E-state index is 0.0607. The van der Waals surface area contributed by atoms with Crippen molar-refractivity contribution in [2.24, 2.45) is 11.1 Å². The third-order valence-corrected chi connectivity index (χ3v) is 5.33. The summed E-state index contributed by atoms with van der Waals surface area (Å²) in [5.41, 5.74) is 10.2. The minimum atomic E-state index is 0.0607. The highest BCUT2D eigenvalue weighted by atomic mass is 16.2. The summed E-state index contributed by atoms with van der Waals surface area (Å²) in [7, 11) is 0. The molecule has 1 saturated heterocycles. The fourth-order valence-electron chi connectivity index (χ4n) is 3.56. The second-order valence-electron chi connectivity index (χ2n) is 7.35. The summed E-state index contributed by atoms with van der Waals surface area (Å²) in [6, 6.07) is 12.4. The van der Waals surface area contributed by atoms with E-state index in [1.807, 2.05) is 36.1 Å². The minimum Gasteiger partial charge on any atom is -0.344 e. The molecule has 1 atom stereocenters. The first-order chi connectivity index (χ1) is 11.4. The van der Waals surface area contributed by atoms with Crippen molar-refractivity contribution >= 4 is 5.91 Å². The highest BCUT2D eigenvalue weighted by Gasteiger charge is 2.36. The Morgan fingerprint density at radius 3 is 2.58 bits per heavy atom. The molecule has 1 aromatic carbocycles. The number of likely N-dealkylation sites (tertiary alicyclic amines) is 1. The summed E-state index contributed by atoms with van der Waals surface area (Å²) in [5, 5.41) is 0. The zero-order valence-corrected chi connectivity index (χ0v) is 14.9. The molecule has 4 heteroatoms. The largest absolute Gasteiger partial charge is 0.344 e. The standard InChI is InChI=1S/C20H27N3O/c1-15-11-18(19(24)22-10-9-20(3,13-21)14-22)16(2)23(15)12-17-7-5-4-6-8-17/h4-8,11H,9-10,12-14,21H2,1-3H3. The van der Waals surface area contributed by atoms with Gasteiger partial charge in [-0.2, -0.15) is 0 Å². The van der Waals surface area contributed by atoms with Crippen molar-refractivity contribution in [1.29, 1.82) is 0 Å². The van der Waals surface area contributed by atoms with Crippen molar-refractivity contribution in [2.75, 3.05) is 19.6 Å². The molecule has 24 heavy (non-hydrogen) atoms. The van der Waals surface area contributed by atoms with Crippen LogP contribution in [0, 0.1) is 19.3 Å². The topological polar surface area (TPSA) is 51.3 Å². The molecule has 128 valence electrons. The molecule has 2 N–H and O–H groups in total. The number of aryl methyl sites for hydroxylation is 1. The van der Waals surface area contributed by atoms with Gasteiger partial charge in [-0.15, -0.1) is 0 Å². The monoisotopic (exact) mass is 325 g/mol. The number of nitrogens with zero attached hydrogens (tertiary/aromatic N) is 2. The summed E-state index contributed by atoms with van der Waals surface area (Å²) in [6.45, 7) is 9.26. The smallest absolute Gasteiger partial charge is 0.255 e. The van der Waals surface area contributed by atoms with Gasteiger partial charge in [0, 0.05) is 31.0 Å². The number of nitrogens with two attached hydrogens (primary N) is 1. The first-order valence-electron chi connectivity index (χ1n) is 8.63. The van der Waals surface area contributed by atoms with Crippen LogP contribution >= 0.6 is 0 Å². The Kier molecular flexibility index (Phi) is 4.50. The van der Waals surface area contributed by atoms with E-state index in [1.54, 1.807) is 0 Å². The fraction of sp³-hybridized carbons (Fsp3) is 0.450. The third kappa shape index (κ3) is 3.11. The Balaban J connectivity index is 1.82. The lowest BCUT2D eigenvalue weighted by molar-refractivity contribution is 0.0776. The normalized spacial score (nSPS) is 20.6. The summed E-state index contributed by atoms with van der Waals surface area (Å²) in [5.74, 6) is 0.139. The highest BCUT2D eigenvalue weighted by molar-refractivity contribution is 5.96. The van der Waals surface area contributed by atoms with Crippen molar-refractivity contribution in [1.82, 2.24) is 9.47 Å². The Labute approximate surface area is 144 Å². The molecule has 0 radical (unpaired) electrons. The van der Waals surface area contributed by atoms with Crippen LogP contribution in [0.2, 0.25) is 0 Å². The molecule has 2 heterocycles. The molecule has 1 aromatic heterocycles. The number of amides is 1. The van der Waals surface area contributed by atoms with Gasteiger partial charge in [0.15, 0.2) is 0 Å². The van der Waals surface area contributed by atoms with Crippen LogP contribution in [0.15, 0.2) is 36.4 Å². The molecule has 1 unspecified atom stereocenters. The number of rotatable bonds is 4. The molecule has 0 bridgehead atoms. The summed E-state index contributed by atoms with van der Waals surface area (Å²) >= 11 is 0. The molecular weight excluding hydrogens is 298 g/mol. The van der Waals surface area contributed by atoms with Gasteiger partial charge in [-0.3, -0.25) is 4.79 Å². The van der Waals surface area contributed by atoms with Crippen LogP contribution in [0.1, 0.15) is 40.7 Å². The predicted molar refractivity (Wildman–Crippen MR) is 97.1 cm³/mol. The van der Waals surface area contributed by atoms with Gasteiger partial charge in [0.2, 0.25) is 0 Å². The number of aromatic nitrogens is 1. The average Bonchev–Trinajstić information content (AvgIpc) is 3.11. The lowest BCUT2D eigenvalue weighted by atomic mass is 9.90. The van der Waals surface area contributed by atoms with Crippen LogP contribution in [0.3, 0.4) is 0 Å². The van der Waals surface area contributed by atoms with Gasteiger partial charge in [-0.05, 0) is 43.9 Å². The number of carbonyl (C=O) groups is 1. The van der Waals surface area contributed by atoms with Crippen molar-refractivity contribution in [3.05, 3.63) is 58.9 Å². The highest BCUT2D eigenvalue weighted by Crippen LogP contribution is 2.30. The first kappa shape index (κ1) is 16.8. The van der Waals surface area contributed by atoms with Crippen molar-refractivity contribution < 1.29 is 4.79 Å². The second-order valence-corrected chi connectivity index (χ2v) is 7.35. The summed E-state index contributed by atoms with van der Waals surface area (Å²) in [4.78, 5) is 14.9. The van der Waals surface area contributed by atoms with Crippen molar-refractivity contribution in [3.8, 4) is 0 Å². The molecule has 1 aliphatic rings. The van der Waals surface area contributed by atoms with Crippen molar-refractivity contribution in [2.45, 2.75) is 33.7 Å². The number of hydrogen-bond acceptors (Lipinski definition) is 2. The van der Waals surface area contributed by atoms with E-state index in [4.69, 9.17) is 5.73 Å². The lowest BCUT2D eigenvalue weighted by Gasteiger charge is -2.22. The molecule has 1 fully saturated rings. The van der Waals surface area contributed by atoms with Crippen LogP contribution in [0.5, 0.6) is 0 Å². The van der Waals surface area contributed by atoms with E-state index in [0.717, 1.165) is 43.0 Å². The van der Waals surface area contributed by atoms with E-state index < -0.39 is 0 Å². The van der Waals surface area contributed by atoms with Crippen LogP contribution in [0.4, 0.5) is 0 Å². The number of hydrogen-bond donors (Lipinski definition) is 1. The molecule has 0 aliphatic carbocycles. The lowest BCUT2D eigenvalue weighted by Crippen LogP contribution is -2.34. The van der Waals surface area contributed by atoms with E-state index in [1.165, 1.54) is 5.56 Å². The maximum absolute atomic E-state index is 13.0. The maximum atomic E-state index is 13.0. The molecule has 3 rings (SSSR count). The predicted octanol–water partition coefficient (Wildman–Crippen LogP) is 2.96. The Hall–Kier alpha value is -2.07. The SMILES string of the molecule is Cc1cc(C(=O)N2CCC(C)(CN)C2)c(C)n1Cc1ccccc1. The zero-order valence-electron chi connectivity index (χ0n) is 14.9. The van der Waals surface area contributed by atoms with E-state index in [0.29, 0.717) is 6.54 Å². The van der Waals surface area contributed by atoms with Gasteiger partial charge >= 0.3 is 0 Å². The molecule has 0 spiro atoms. The van der Waals surface area contributed by atoms with E-state index in [-0.39, 0.29) is 11.3 Å². The van der Waals surface area contributed by atoms with Gasteiger partial charge in [0.05, 0.1) is 5.56 Å². The fourth-order valence-corrected chi connectivity index (χ4v) is 3.56. The maximum Gasteiger partial charge on any atom is 0.255 e. The molecule has 1 amide bonds. The number of benzene rings is 1. The van der Waals surface area contributed by atoms with E-state index in [2.05, 4.69) is 30.5 Å². The van der Waals surface area contributed by atoms with Gasteiger partial charge < -0.3 is 15.2 Å². The Bertz CT molecular complexity index is 735. The van der Waals surface area contributed by atoms with Gasteiger partial charge in [-0.25, -0.2) is 0 Å². The number of carbonyl (C=O) groups excluding carboxylic acids is 1. The first-order valence-corrected chi connectivity index (χ1v) is 8.63. The molecule has 0 saturated carbocycles. The molecule has 1 aliphatic heterocycles. The Morgan fingerprint density at radius 1 is 1.25 bits per heavy atom. The van der Waals surface area contributed by atoms with Gasteiger partial charge in [0.1, 0.15) is 0 Å². The summed E-state index contributed by atoms with van der Waals surface area (Å²) in [6.07, 6.45) is 0.984.